The van der Waals surface area contributed by atoms with E-state index in [0.29, 0.717) is 34.3 Å². The molecule has 3 rings (SSSR count). The van der Waals surface area contributed by atoms with Gasteiger partial charge in [-0.25, -0.2) is 9.97 Å². The smallest absolute Gasteiger partial charge is 0.257 e. The van der Waals surface area contributed by atoms with Crippen molar-refractivity contribution in [2.75, 3.05) is 26.6 Å². The van der Waals surface area contributed by atoms with E-state index in [1.165, 1.54) is 27.7 Å². The van der Waals surface area contributed by atoms with Crippen LogP contribution in [0.3, 0.4) is 0 Å². The van der Waals surface area contributed by atoms with E-state index in [0.717, 1.165) is 25.0 Å². The van der Waals surface area contributed by atoms with Crippen LogP contribution >= 0.6 is 0 Å². The third-order valence-corrected chi connectivity index (χ3v) is 4.62. The van der Waals surface area contributed by atoms with E-state index >= 15 is 0 Å². The first kappa shape index (κ1) is 20.9. The minimum Gasteiger partial charge on any atom is -0.493 e. The fourth-order valence-corrected chi connectivity index (χ4v) is 3.08. The SMILES string of the molecule is CCCCc1cc(NC(=O)c2cc(OC)c(OC)c(OC)c2)n2cnc(C#N)c2n1. The van der Waals surface area contributed by atoms with Gasteiger partial charge < -0.3 is 19.5 Å². The number of carbonyl (C=O) groups is 1. The highest BCUT2D eigenvalue weighted by molar-refractivity contribution is 6.04. The van der Waals surface area contributed by atoms with Crippen molar-refractivity contribution in [1.29, 1.82) is 5.26 Å². The maximum absolute atomic E-state index is 13.0. The standard InChI is InChI=1S/C21H23N5O4/c1-5-6-7-14-10-18(26-12-23-15(11-22)20(26)24-14)25-21(27)13-8-16(28-2)19(30-4)17(9-13)29-3/h8-10,12H,5-7H2,1-4H3,(H,25,27). The molecule has 0 radical (unpaired) electrons. The lowest BCUT2D eigenvalue weighted by Gasteiger charge is -2.15. The molecular formula is C21H23N5O4. The van der Waals surface area contributed by atoms with Gasteiger partial charge in [0, 0.05) is 17.3 Å². The van der Waals surface area contributed by atoms with Crippen LogP contribution in [0.25, 0.3) is 5.65 Å². The highest BCUT2D eigenvalue weighted by Crippen LogP contribution is 2.38. The fraction of sp³-hybridized carbons (Fsp3) is 0.333. The average Bonchev–Trinajstić information content (AvgIpc) is 3.19. The van der Waals surface area contributed by atoms with E-state index in [1.54, 1.807) is 22.6 Å². The number of nitrogens with zero attached hydrogens (tertiary/aromatic N) is 4. The van der Waals surface area contributed by atoms with Crippen LogP contribution in [0.2, 0.25) is 0 Å². The Hall–Kier alpha value is -3.80. The van der Waals surface area contributed by atoms with E-state index in [1.807, 2.05) is 6.07 Å². The Kier molecular flexibility index (Phi) is 6.37. The molecule has 2 aromatic heterocycles. The van der Waals surface area contributed by atoms with Crippen molar-refractivity contribution in [2.24, 2.45) is 0 Å². The summed E-state index contributed by atoms with van der Waals surface area (Å²) >= 11 is 0. The second kappa shape index (κ2) is 9.13. The van der Waals surface area contributed by atoms with Crippen molar-refractivity contribution >= 4 is 17.4 Å². The highest BCUT2D eigenvalue weighted by Gasteiger charge is 2.19. The molecule has 0 saturated heterocycles. The van der Waals surface area contributed by atoms with Crippen molar-refractivity contribution in [1.82, 2.24) is 14.4 Å². The lowest BCUT2D eigenvalue weighted by molar-refractivity contribution is 0.102. The minimum atomic E-state index is -0.379. The molecule has 1 amide bonds. The summed E-state index contributed by atoms with van der Waals surface area (Å²) < 4.78 is 17.5. The molecule has 9 nitrogen and oxygen atoms in total. The van der Waals surface area contributed by atoms with Gasteiger partial charge in [0.15, 0.2) is 22.8 Å². The summed E-state index contributed by atoms with van der Waals surface area (Å²) in [6.45, 7) is 2.09. The van der Waals surface area contributed by atoms with Crippen LogP contribution in [-0.4, -0.2) is 41.6 Å². The number of aromatic nitrogens is 3. The molecule has 0 fully saturated rings. The zero-order valence-electron chi connectivity index (χ0n) is 17.4. The minimum absolute atomic E-state index is 0.205. The summed E-state index contributed by atoms with van der Waals surface area (Å²) in [4.78, 5) is 21.6. The zero-order chi connectivity index (χ0) is 21.7. The van der Waals surface area contributed by atoms with E-state index in [-0.39, 0.29) is 11.6 Å². The Morgan fingerprint density at radius 3 is 2.43 bits per heavy atom. The summed E-state index contributed by atoms with van der Waals surface area (Å²) in [7, 11) is 4.47. The molecule has 3 aromatic rings. The Balaban J connectivity index is 2.02. The quantitative estimate of drug-likeness (QED) is 0.608. The van der Waals surface area contributed by atoms with Crippen LogP contribution < -0.4 is 19.5 Å². The van der Waals surface area contributed by atoms with E-state index in [4.69, 9.17) is 14.2 Å². The number of aryl methyl sites for hydroxylation is 1. The number of nitrogens with one attached hydrogen (secondary N) is 1. The maximum atomic E-state index is 13.0. The molecule has 0 unspecified atom stereocenters. The third-order valence-electron chi connectivity index (χ3n) is 4.62. The summed E-state index contributed by atoms with van der Waals surface area (Å²) in [5, 5.41) is 12.2. The van der Waals surface area contributed by atoms with Crippen LogP contribution in [-0.2, 0) is 6.42 Å². The second-order valence-electron chi connectivity index (χ2n) is 6.50. The van der Waals surface area contributed by atoms with Gasteiger partial charge in [-0.2, -0.15) is 5.26 Å². The number of amides is 1. The number of anilines is 1. The summed E-state index contributed by atoms with van der Waals surface area (Å²) in [6.07, 6.45) is 4.15. The van der Waals surface area contributed by atoms with Gasteiger partial charge in [-0.3, -0.25) is 9.20 Å². The normalized spacial score (nSPS) is 10.5. The predicted molar refractivity (Wildman–Crippen MR) is 110 cm³/mol. The molecule has 30 heavy (non-hydrogen) atoms. The number of hydrogen-bond donors (Lipinski definition) is 1. The van der Waals surface area contributed by atoms with Gasteiger partial charge in [-0.15, -0.1) is 0 Å². The molecular weight excluding hydrogens is 386 g/mol. The highest BCUT2D eigenvalue weighted by atomic mass is 16.5. The number of imidazole rings is 1. The molecule has 156 valence electrons. The van der Waals surface area contributed by atoms with Gasteiger partial charge in [0.2, 0.25) is 5.75 Å². The molecule has 0 aliphatic heterocycles. The van der Waals surface area contributed by atoms with Crippen molar-refractivity contribution < 1.29 is 19.0 Å². The van der Waals surface area contributed by atoms with Gasteiger partial charge in [0.25, 0.3) is 5.91 Å². The van der Waals surface area contributed by atoms with Crippen LogP contribution in [0.5, 0.6) is 17.2 Å². The number of unbranched alkanes of at least 4 members (excludes halogenated alkanes) is 1. The summed E-state index contributed by atoms with van der Waals surface area (Å²) in [6, 6.07) is 6.97. The van der Waals surface area contributed by atoms with Crippen molar-refractivity contribution in [3.63, 3.8) is 0 Å². The number of carbonyl (C=O) groups excluding carboxylic acids is 1. The van der Waals surface area contributed by atoms with Crippen LogP contribution in [0.1, 0.15) is 41.5 Å². The van der Waals surface area contributed by atoms with Crippen LogP contribution in [0, 0.1) is 11.3 Å². The van der Waals surface area contributed by atoms with Gasteiger partial charge in [0.1, 0.15) is 18.2 Å². The molecule has 1 N–H and O–H groups in total. The topological polar surface area (TPSA) is 111 Å². The van der Waals surface area contributed by atoms with Gasteiger partial charge >= 0.3 is 0 Å². The Bertz CT molecular complexity index is 1090. The molecule has 0 aliphatic rings. The lowest BCUT2D eigenvalue weighted by atomic mass is 10.1. The Labute approximate surface area is 174 Å². The van der Waals surface area contributed by atoms with Crippen molar-refractivity contribution in [3.05, 3.63) is 41.5 Å². The number of nitriles is 1. The second-order valence-corrected chi connectivity index (χ2v) is 6.50. The zero-order valence-corrected chi connectivity index (χ0v) is 17.4. The molecule has 2 heterocycles. The molecule has 0 spiro atoms. The molecule has 0 aliphatic carbocycles. The molecule has 1 aromatic carbocycles. The van der Waals surface area contributed by atoms with Gasteiger partial charge in [0.05, 0.1) is 21.3 Å². The Morgan fingerprint density at radius 2 is 1.87 bits per heavy atom. The van der Waals surface area contributed by atoms with E-state index in [9.17, 15) is 10.1 Å². The molecule has 9 heteroatoms. The summed E-state index contributed by atoms with van der Waals surface area (Å²) in [5.74, 6) is 1.24. The van der Waals surface area contributed by atoms with Crippen molar-refractivity contribution in [2.45, 2.75) is 26.2 Å². The molecule has 0 saturated carbocycles. The van der Waals surface area contributed by atoms with Gasteiger partial charge in [-0.1, -0.05) is 13.3 Å². The van der Waals surface area contributed by atoms with Crippen LogP contribution in [0.15, 0.2) is 24.5 Å². The Morgan fingerprint density at radius 1 is 1.17 bits per heavy atom. The number of ether oxygens (including phenoxy) is 3. The third kappa shape index (κ3) is 3.98. The largest absolute Gasteiger partial charge is 0.493 e. The van der Waals surface area contributed by atoms with Crippen molar-refractivity contribution in [3.8, 4) is 23.3 Å². The number of rotatable bonds is 8. The number of benzene rings is 1. The van der Waals surface area contributed by atoms with Crippen LogP contribution in [0.4, 0.5) is 5.82 Å². The summed E-state index contributed by atoms with van der Waals surface area (Å²) in [5.41, 5.74) is 1.72. The fourth-order valence-electron chi connectivity index (χ4n) is 3.08. The number of hydrogen-bond acceptors (Lipinski definition) is 7. The average molecular weight is 409 g/mol. The van der Waals surface area contributed by atoms with Gasteiger partial charge in [-0.05, 0) is 25.0 Å². The first-order chi connectivity index (χ1) is 14.6. The monoisotopic (exact) mass is 409 g/mol. The first-order valence-corrected chi connectivity index (χ1v) is 9.44. The van der Waals surface area contributed by atoms with E-state index in [2.05, 4.69) is 22.2 Å². The number of methoxy groups -OCH3 is 3. The lowest BCUT2D eigenvalue weighted by Crippen LogP contribution is -2.15. The predicted octanol–water partition coefficient (Wildman–Crippen LogP) is 3.22. The first-order valence-electron chi connectivity index (χ1n) is 9.44. The maximum Gasteiger partial charge on any atom is 0.257 e. The molecule has 0 atom stereocenters. The molecule has 0 bridgehead atoms. The van der Waals surface area contributed by atoms with E-state index < -0.39 is 0 Å². The number of fused-ring (bicyclic) bond motifs is 1.